The summed E-state index contributed by atoms with van der Waals surface area (Å²) in [5.41, 5.74) is 2.74. The Kier molecular flexibility index (Phi) is 6.24. The summed E-state index contributed by atoms with van der Waals surface area (Å²) in [4.78, 5) is 15.8. The van der Waals surface area contributed by atoms with Crippen LogP contribution in [0.1, 0.15) is 11.4 Å². The van der Waals surface area contributed by atoms with Gasteiger partial charge in [0.25, 0.3) is 0 Å². The number of nitrogen functional groups attached to an aromatic ring is 1. The average molecular weight is 485 g/mol. The number of anilines is 2. The number of alkyl halides is 7. The lowest BCUT2D eigenvalue weighted by Crippen LogP contribution is -2.50. The van der Waals surface area contributed by atoms with Gasteiger partial charge in [0.1, 0.15) is 12.4 Å². The molecule has 1 fully saturated rings. The highest BCUT2D eigenvalue weighted by Crippen LogP contribution is 2.52. The summed E-state index contributed by atoms with van der Waals surface area (Å²) >= 11 is 0. The summed E-state index contributed by atoms with van der Waals surface area (Å²) in [5, 5.41) is 3.13. The van der Waals surface area contributed by atoms with Gasteiger partial charge in [-0.05, 0) is 31.2 Å². The first-order chi connectivity index (χ1) is 15.2. The molecule has 1 aromatic heterocycles. The quantitative estimate of drug-likeness (QED) is 0.658. The Hall–Kier alpha value is -3.06. The number of nitrogens with zero attached hydrogens (tertiary/aromatic N) is 4. The Balaban J connectivity index is 1.72. The summed E-state index contributed by atoms with van der Waals surface area (Å²) < 4.78 is 106. The highest BCUT2D eigenvalue weighted by molar-refractivity contribution is 5.76. The zero-order valence-electron chi connectivity index (χ0n) is 17.1. The van der Waals surface area contributed by atoms with Gasteiger partial charge < -0.3 is 15.5 Å². The van der Waals surface area contributed by atoms with Crippen molar-refractivity contribution in [2.45, 2.75) is 31.5 Å². The van der Waals surface area contributed by atoms with E-state index in [-0.39, 0.29) is 18.8 Å². The molecule has 0 bridgehead atoms. The number of aromatic nitrogens is 2. The molecule has 0 saturated carbocycles. The van der Waals surface area contributed by atoms with Gasteiger partial charge in [-0.15, -0.1) is 0 Å². The molecule has 182 valence electrons. The van der Waals surface area contributed by atoms with Crippen LogP contribution in [-0.2, 0) is 17.3 Å². The SMILES string of the molecule is Cc1c(N)c(C(F)(F)C(F)(F)C(F)(F)F)nn1CC(=O)N1CCN(c2ccc(F)cc2)CC1. The maximum absolute atomic E-state index is 14.1. The predicted octanol–water partition coefficient (Wildman–Crippen LogP) is 3.55. The number of carbonyl (C=O) groups is 1. The van der Waals surface area contributed by atoms with Gasteiger partial charge in [-0.2, -0.15) is 35.8 Å². The van der Waals surface area contributed by atoms with Crippen LogP contribution >= 0.6 is 0 Å². The van der Waals surface area contributed by atoms with Crippen molar-refractivity contribution in [2.75, 3.05) is 36.8 Å². The Labute approximate surface area is 182 Å². The summed E-state index contributed by atoms with van der Waals surface area (Å²) in [6, 6.07) is 5.71. The van der Waals surface area contributed by atoms with E-state index in [9.17, 15) is 39.9 Å². The molecule has 0 spiro atoms. The molecule has 1 aromatic carbocycles. The molecule has 6 nitrogen and oxygen atoms in total. The van der Waals surface area contributed by atoms with E-state index in [4.69, 9.17) is 5.73 Å². The number of carbonyl (C=O) groups excluding carboxylic acids is 1. The predicted molar refractivity (Wildman–Crippen MR) is 101 cm³/mol. The molecule has 1 aliphatic heterocycles. The Bertz CT molecular complexity index is 1010. The van der Waals surface area contributed by atoms with Crippen LogP contribution in [0.25, 0.3) is 0 Å². The number of nitrogens with two attached hydrogens (primary N) is 1. The number of rotatable bonds is 5. The van der Waals surface area contributed by atoms with Crippen LogP contribution in [0.3, 0.4) is 0 Å². The molecular formula is C19H19F8N5O. The lowest BCUT2D eigenvalue weighted by atomic mass is 10.1. The molecule has 0 unspecified atom stereocenters. The number of benzene rings is 1. The molecule has 0 atom stereocenters. The third kappa shape index (κ3) is 4.42. The van der Waals surface area contributed by atoms with E-state index in [1.807, 2.05) is 4.90 Å². The van der Waals surface area contributed by atoms with Gasteiger partial charge in [0.2, 0.25) is 5.91 Å². The molecule has 2 N–H and O–H groups in total. The number of hydrogen-bond acceptors (Lipinski definition) is 4. The molecule has 2 heterocycles. The van der Waals surface area contributed by atoms with Crippen molar-refractivity contribution in [1.29, 1.82) is 0 Å². The molecular weight excluding hydrogens is 466 g/mol. The van der Waals surface area contributed by atoms with E-state index in [0.717, 1.165) is 12.6 Å². The number of hydrogen-bond donors (Lipinski definition) is 1. The molecule has 1 aliphatic rings. The van der Waals surface area contributed by atoms with Crippen LogP contribution in [0.2, 0.25) is 0 Å². The van der Waals surface area contributed by atoms with E-state index in [0.29, 0.717) is 17.8 Å². The number of amides is 1. The second-order valence-corrected chi connectivity index (χ2v) is 7.50. The van der Waals surface area contributed by atoms with Crippen molar-refractivity contribution in [3.8, 4) is 0 Å². The van der Waals surface area contributed by atoms with Crippen LogP contribution in [0, 0.1) is 12.7 Å². The smallest absolute Gasteiger partial charge is 0.396 e. The molecule has 1 saturated heterocycles. The third-order valence-corrected chi connectivity index (χ3v) is 5.41. The fourth-order valence-corrected chi connectivity index (χ4v) is 3.37. The second-order valence-electron chi connectivity index (χ2n) is 7.50. The Morgan fingerprint density at radius 3 is 2.06 bits per heavy atom. The zero-order chi connectivity index (χ0) is 24.8. The first-order valence-corrected chi connectivity index (χ1v) is 9.61. The summed E-state index contributed by atoms with van der Waals surface area (Å²) in [7, 11) is 0. The van der Waals surface area contributed by atoms with Gasteiger partial charge in [0.05, 0.1) is 11.4 Å². The topological polar surface area (TPSA) is 67.4 Å². The minimum Gasteiger partial charge on any atom is -0.396 e. The number of halogens is 8. The fourth-order valence-electron chi connectivity index (χ4n) is 3.37. The molecule has 3 rings (SSSR count). The van der Waals surface area contributed by atoms with Crippen molar-refractivity contribution in [1.82, 2.24) is 14.7 Å². The van der Waals surface area contributed by atoms with E-state index in [1.54, 1.807) is 12.1 Å². The normalized spacial score (nSPS) is 15.8. The van der Waals surface area contributed by atoms with Gasteiger partial charge >= 0.3 is 18.0 Å². The summed E-state index contributed by atoms with van der Waals surface area (Å²) in [6.07, 6.45) is -6.54. The highest BCUT2D eigenvalue weighted by atomic mass is 19.4. The van der Waals surface area contributed by atoms with E-state index < -0.39 is 47.7 Å². The molecule has 0 aliphatic carbocycles. The Morgan fingerprint density at radius 2 is 1.55 bits per heavy atom. The molecule has 0 radical (unpaired) electrons. The van der Waals surface area contributed by atoms with Gasteiger partial charge in [0.15, 0.2) is 5.69 Å². The van der Waals surface area contributed by atoms with Crippen molar-refractivity contribution < 1.29 is 39.9 Å². The standard InChI is InChI=1S/C19H19F8N5O/c1-11-15(28)16(17(21,22)18(23,24)19(25,26)27)29-32(11)10-14(33)31-8-6-30(7-9-31)13-4-2-12(20)3-5-13/h2-5H,6-10,28H2,1H3. The monoisotopic (exact) mass is 485 g/mol. The zero-order valence-corrected chi connectivity index (χ0v) is 17.1. The molecule has 14 heteroatoms. The van der Waals surface area contributed by atoms with Gasteiger partial charge in [-0.3, -0.25) is 9.48 Å². The minimum absolute atomic E-state index is 0.209. The van der Waals surface area contributed by atoms with Crippen LogP contribution in [-0.4, -0.2) is 58.9 Å². The lowest BCUT2D eigenvalue weighted by Gasteiger charge is -2.36. The van der Waals surface area contributed by atoms with Gasteiger partial charge in [-0.1, -0.05) is 0 Å². The molecule has 1 amide bonds. The van der Waals surface area contributed by atoms with Crippen molar-refractivity contribution in [3.05, 3.63) is 41.5 Å². The maximum Gasteiger partial charge on any atom is 0.460 e. The van der Waals surface area contributed by atoms with E-state index >= 15 is 0 Å². The lowest BCUT2D eigenvalue weighted by molar-refractivity contribution is -0.360. The first kappa shape index (κ1) is 24.6. The minimum atomic E-state index is -6.54. The van der Waals surface area contributed by atoms with Crippen LogP contribution in [0.5, 0.6) is 0 Å². The summed E-state index contributed by atoms with van der Waals surface area (Å²) in [5.74, 6) is -13.2. The van der Waals surface area contributed by atoms with E-state index in [1.165, 1.54) is 17.0 Å². The largest absolute Gasteiger partial charge is 0.460 e. The third-order valence-electron chi connectivity index (χ3n) is 5.41. The fraction of sp³-hybridized carbons (Fsp3) is 0.474. The van der Waals surface area contributed by atoms with Gasteiger partial charge in [0, 0.05) is 31.9 Å². The van der Waals surface area contributed by atoms with Gasteiger partial charge in [-0.25, -0.2) is 4.39 Å². The van der Waals surface area contributed by atoms with Crippen LogP contribution in [0.4, 0.5) is 46.5 Å². The Morgan fingerprint density at radius 1 is 1.00 bits per heavy atom. The average Bonchev–Trinajstić information content (AvgIpc) is 3.02. The van der Waals surface area contributed by atoms with Crippen molar-refractivity contribution >= 4 is 17.3 Å². The summed E-state index contributed by atoms with van der Waals surface area (Å²) in [6.45, 7) is 1.56. The first-order valence-electron chi connectivity index (χ1n) is 9.61. The molecule has 33 heavy (non-hydrogen) atoms. The van der Waals surface area contributed by atoms with Crippen molar-refractivity contribution in [2.24, 2.45) is 0 Å². The highest BCUT2D eigenvalue weighted by Gasteiger charge is 2.75. The number of piperazine rings is 1. The van der Waals surface area contributed by atoms with Crippen LogP contribution < -0.4 is 10.6 Å². The maximum atomic E-state index is 14.1. The molecule has 2 aromatic rings. The van der Waals surface area contributed by atoms with Crippen LogP contribution in [0.15, 0.2) is 24.3 Å². The second kappa shape index (κ2) is 8.37. The van der Waals surface area contributed by atoms with Crippen molar-refractivity contribution in [3.63, 3.8) is 0 Å². The van der Waals surface area contributed by atoms with E-state index in [2.05, 4.69) is 5.10 Å².